The van der Waals surface area contributed by atoms with Gasteiger partial charge in [-0.25, -0.2) is 9.13 Å². The molecule has 19 heteroatoms. The molecule has 566 valence electrons. The van der Waals surface area contributed by atoms with Gasteiger partial charge in [0.2, 0.25) is 0 Å². The van der Waals surface area contributed by atoms with Crippen LogP contribution in [-0.2, 0) is 65.4 Å². The monoisotopic (exact) mass is 1420 g/mol. The van der Waals surface area contributed by atoms with Crippen molar-refractivity contribution >= 4 is 39.5 Å². The molecule has 98 heavy (non-hydrogen) atoms. The van der Waals surface area contributed by atoms with Crippen LogP contribution < -0.4 is 0 Å². The number of aliphatic hydroxyl groups is 1. The average Bonchev–Trinajstić information content (AvgIpc) is 0.959. The summed E-state index contributed by atoms with van der Waals surface area (Å²) in [5, 5.41) is 10.6. The van der Waals surface area contributed by atoms with E-state index in [4.69, 9.17) is 37.0 Å². The van der Waals surface area contributed by atoms with Crippen LogP contribution in [-0.4, -0.2) is 96.7 Å². The van der Waals surface area contributed by atoms with E-state index in [1.54, 1.807) is 0 Å². The molecule has 17 nitrogen and oxygen atoms in total. The van der Waals surface area contributed by atoms with Crippen molar-refractivity contribution in [3.63, 3.8) is 0 Å². The number of hydrogen-bond donors (Lipinski definition) is 3. The van der Waals surface area contributed by atoms with Crippen molar-refractivity contribution in [2.45, 2.75) is 341 Å². The van der Waals surface area contributed by atoms with E-state index in [1.165, 1.54) is 89.9 Å². The minimum Gasteiger partial charge on any atom is -0.462 e. The van der Waals surface area contributed by atoms with Gasteiger partial charge in [-0.15, -0.1) is 0 Å². The normalized spacial score (nSPS) is 14.5. The van der Waals surface area contributed by atoms with Gasteiger partial charge in [-0.2, -0.15) is 0 Å². The van der Waals surface area contributed by atoms with Gasteiger partial charge >= 0.3 is 39.5 Å². The van der Waals surface area contributed by atoms with Crippen LogP contribution in [0.2, 0.25) is 0 Å². The number of phosphoric ester groups is 2. The molecule has 0 heterocycles. The lowest BCUT2D eigenvalue weighted by Gasteiger charge is -2.21. The van der Waals surface area contributed by atoms with Gasteiger partial charge in [-0.3, -0.25) is 37.3 Å². The molecule has 0 saturated heterocycles. The fourth-order valence-electron chi connectivity index (χ4n) is 10.2. The van der Waals surface area contributed by atoms with Crippen molar-refractivity contribution in [1.29, 1.82) is 0 Å². The maximum absolute atomic E-state index is 13.1. The summed E-state index contributed by atoms with van der Waals surface area (Å²) < 4.78 is 68.4. The number of hydrogen-bond acceptors (Lipinski definition) is 15. The van der Waals surface area contributed by atoms with E-state index in [9.17, 15) is 43.2 Å². The summed E-state index contributed by atoms with van der Waals surface area (Å²) in [4.78, 5) is 72.8. The number of allylic oxidation sites excluding steroid dienone is 16. The number of aliphatic hydroxyl groups excluding tert-OH is 1. The molecule has 5 atom stereocenters. The van der Waals surface area contributed by atoms with Gasteiger partial charge < -0.3 is 33.8 Å². The Morgan fingerprint density at radius 3 is 0.847 bits per heavy atom. The van der Waals surface area contributed by atoms with Crippen LogP contribution in [0.15, 0.2) is 97.2 Å². The van der Waals surface area contributed by atoms with Crippen LogP contribution in [0.5, 0.6) is 0 Å². The number of carbonyl (C=O) groups excluding carboxylic acids is 4. The lowest BCUT2D eigenvalue weighted by molar-refractivity contribution is -0.161. The fourth-order valence-corrected chi connectivity index (χ4v) is 11.8. The highest BCUT2D eigenvalue weighted by molar-refractivity contribution is 7.47. The highest BCUT2D eigenvalue weighted by Gasteiger charge is 2.30. The predicted octanol–water partition coefficient (Wildman–Crippen LogP) is 22.0. The molecule has 0 aliphatic heterocycles. The van der Waals surface area contributed by atoms with Crippen LogP contribution >= 0.6 is 15.6 Å². The van der Waals surface area contributed by atoms with Gasteiger partial charge in [0.25, 0.3) is 0 Å². The van der Waals surface area contributed by atoms with Gasteiger partial charge in [0.1, 0.15) is 19.3 Å². The molecule has 0 aromatic carbocycles. The van der Waals surface area contributed by atoms with Crippen LogP contribution in [0, 0.1) is 0 Å². The number of rotatable bonds is 72. The molecule has 0 aromatic heterocycles. The Morgan fingerprint density at radius 1 is 0.296 bits per heavy atom. The number of esters is 4. The molecule has 5 unspecified atom stereocenters. The van der Waals surface area contributed by atoms with Crippen molar-refractivity contribution in [2.75, 3.05) is 39.6 Å². The zero-order valence-electron chi connectivity index (χ0n) is 61.7. The van der Waals surface area contributed by atoms with Crippen molar-refractivity contribution in [3.05, 3.63) is 97.2 Å². The summed E-state index contributed by atoms with van der Waals surface area (Å²) in [7, 11) is -9.96. The Morgan fingerprint density at radius 2 is 0.531 bits per heavy atom. The molecular formula is C79H138O17P2. The molecule has 0 aliphatic rings. The fraction of sp³-hybridized carbons (Fsp3) is 0.747. The van der Waals surface area contributed by atoms with E-state index in [0.717, 1.165) is 154 Å². The minimum absolute atomic E-state index is 0.0810. The lowest BCUT2D eigenvalue weighted by Crippen LogP contribution is -2.30. The van der Waals surface area contributed by atoms with Crippen LogP contribution in [0.1, 0.15) is 323 Å². The third-order valence-electron chi connectivity index (χ3n) is 16.0. The summed E-state index contributed by atoms with van der Waals surface area (Å²) >= 11 is 0. The van der Waals surface area contributed by atoms with E-state index >= 15 is 0 Å². The minimum atomic E-state index is -4.98. The first-order valence-corrected chi connectivity index (χ1v) is 41.5. The molecular weight excluding hydrogens is 1280 g/mol. The van der Waals surface area contributed by atoms with Gasteiger partial charge in [-0.1, -0.05) is 273 Å². The van der Waals surface area contributed by atoms with Crippen molar-refractivity contribution in [1.82, 2.24) is 0 Å². The first-order chi connectivity index (χ1) is 47.7. The van der Waals surface area contributed by atoms with Crippen molar-refractivity contribution in [2.24, 2.45) is 0 Å². The second-order valence-corrected chi connectivity index (χ2v) is 28.4. The second kappa shape index (κ2) is 71.4. The predicted molar refractivity (Wildman–Crippen MR) is 399 cm³/mol. The number of phosphoric acid groups is 2. The summed E-state index contributed by atoms with van der Waals surface area (Å²) in [6, 6.07) is 0. The second-order valence-electron chi connectivity index (χ2n) is 25.5. The van der Waals surface area contributed by atoms with E-state index in [0.29, 0.717) is 25.7 Å². The number of ether oxygens (including phenoxy) is 4. The molecule has 0 aliphatic carbocycles. The highest BCUT2D eigenvalue weighted by Crippen LogP contribution is 2.45. The maximum atomic E-state index is 13.1. The van der Waals surface area contributed by atoms with Gasteiger partial charge in [0.15, 0.2) is 12.2 Å². The summed E-state index contributed by atoms with van der Waals surface area (Å²) in [6.45, 7) is 4.59. The summed E-state index contributed by atoms with van der Waals surface area (Å²) in [5.74, 6) is -2.23. The SMILES string of the molecule is CC/C=C\C/C=C\C/C=C\C/C=C\CCCCC(=O)OCC(COP(=O)(O)OCC(O)COP(=O)(O)OCC(COC(=O)CCCCCCC/C=C\C/C=C\C/C=C\CC)OC(=O)CCCCCCC/C=C\CCCCCCCC)OC(=O)CCCCCCCCCCCCCCC. The maximum Gasteiger partial charge on any atom is 0.472 e. The molecule has 3 N–H and O–H groups in total. The first kappa shape index (κ1) is 94.0. The van der Waals surface area contributed by atoms with Gasteiger partial charge in [0, 0.05) is 25.7 Å². The quantitative estimate of drug-likeness (QED) is 0.0169. The molecule has 0 spiro atoms. The van der Waals surface area contributed by atoms with Crippen LogP contribution in [0.25, 0.3) is 0 Å². The molecule has 0 aromatic rings. The van der Waals surface area contributed by atoms with Crippen molar-refractivity contribution in [3.8, 4) is 0 Å². The Hall–Kier alpha value is -4.02. The average molecular weight is 1420 g/mol. The number of unbranched alkanes of at least 4 members (excludes halogenated alkanes) is 30. The van der Waals surface area contributed by atoms with Crippen LogP contribution in [0.3, 0.4) is 0 Å². The zero-order valence-corrected chi connectivity index (χ0v) is 63.5. The molecule has 0 saturated carbocycles. The Kier molecular flexibility index (Phi) is 68.4. The molecule has 0 rings (SSSR count). The lowest BCUT2D eigenvalue weighted by atomic mass is 10.0. The first-order valence-electron chi connectivity index (χ1n) is 38.5. The molecule has 0 bridgehead atoms. The topological polar surface area (TPSA) is 237 Å². The largest absolute Gasteiger partial charge is 0.472 e. The molecule has 0 fully saturated rings. The van der Waals surface area contributed by atoms with Gasteiger partial charge in [-0.05, 0) is 122 Å². The Balaban J connectivity index is 5.38. The molecule has 0 amide bonds. The van der Waals surface area contributed by atoms with Crippen LogP contribution in [0.4, 0.5) is 0 Å². The third-order valence-corrected chi connectivity index (χ3v) is 17.9. The van der Waals surface area contributed by atoms with E-state index in [-0.39, 0.29) is 25.7 Å². The van der Waals surface area contributed by atoms with E-state index < -0.39 is 97.5 Å². The Bertz CT molecular complexity index is 2240. The standard InChI is InChI=1S/C79H138O17P2/c1-5-9-13-17-21-25-29-33-36-40-43-47-51-55-59-63-76(81)89-69-74(95-78(83)65-61-57-53-49-45-39-32-28-24-20-16-12-8-4)71-93-97(85,86)91-67-73(80)68-92-98(87,88)94-72-75(96-79(84)66-62-58-54-50-46-42-38-35-31-27-23-19-15-11-7-3)70-90-77(82)64-60-56-52-48-44-41-37-34-30-26-22-18-14-10-6-2/h9-10,13-14,21-22,25-26,33-38,43,47,73-75,80H,5-8,11-12,15-20,23-24,27-32,39-42,44-46,48-72H2,1-4H3,(H,85,86)(H,87,88)/b13-9-,14-10-,25-21-,26-22-,36-33-,37-34-,38-35-,47-43-. The van der Waals surface area contributed by atoms with Gasteiger partial charge in [0.05, 0.1) is 26.4 Å². The molecule has 0 radical (unpaired) electrons. The van der Waals surface area contributed by atoms with E-state index in [2.05, 4.69) is 125 Å². The zero-order chi connectivity index (χ0) is 71.8. The van der Waals surface area contributed by atoms with E-state index in [1.807, 2.05) is 0 Å². The Labute approximate surface area is 595 Å². The smallest absolute Gasteiger partial charge is 0.462 e. The highest BCUT2D eigenvalue weighted by atomic mass is 31.2. The summed E-state index contributed by atoms with van der Waals surface area (Å²) in [6.07, 6.45) is 74.0. The summed E-state index contributed by atoms with van der Waals surface area (Å²) in [5.41, 5.74) is 0. The number of carbonyl (C=O) groups is 4. The van der Waals surface area contributed by atoms with Crippen molar-refractivity contribution < 1.29 is 80.2 Å². The third kappa shape index (κ3) is 70.4.